The molecule has 3 aromatic heterocycles. The second-order valence-corrected chi connectivity index (χ2v) is 6.92. The minimum atomic E-state index is -0.165. The van der Waals surface area contributed by atoms with Crippen molar-refractivity contribution in [3.05, 3.63) is 60.7 Å². The molecule has 4 rings (SSSR count). The van der Waals surface area contributed by atoms with E-state index in [-0.39, 0.29) is 11.7 Å². The molecule has 0 aliphatic carbocycles. The zero-order chi connectivity index (χ0) is 20.5. The van der Waals surface area contributed by atoms with Gasteiger partial charge in [0.25, 0.3) is 5.91 Å². The summed E-state index contributed by atoms with van der Waals surface area (Å²) in [7, 11) is 5.22. The molecule has 3 heterocycles. The molecular weight excluding hydrogens is 368 g/mol. The molecule has 0 bridgehead atoms. The van der Waals surface area contributed by atoms with E-state index in [2.05, 4.69) is 20.4 Å². The quantitative estimate of drug-likeness (QED) is 0.521. The van der Waals surface area contributed by atoms with Gasteiger partial charge in [-0.2, -0.15) is 5.10 Å². The minimum Gasteiger partial charge on any atom is -0.506 e. The van der Waals surface area contributed by atoms with E-state index >= 15 is 0 Å². The van der Waals surface area contributed by atoms with E-state index in [1.54, 1.807) is 55.4 Å². The van der Waals surface area contributed by atoms with Crippen LogP contribution in [0.4, 0.5) is 11.5 Å². The van der Waals surface area contributed by atoms with Crippen molar-refractivity contribution in [2.45, 2.75) is 0 Å². The van der Waals surface area contributed by atoms with Crippen LogP contribution in [0.15, 0.2) is 55.0 Å². The average molecular weight is 388 g/mol. The molecule has 1 amide bonds. The maximum atomic E-state index is 12.2. The van der Waals surface area contributed by atoms with Gasteiger partial charge in [-0.3, -0.25) is 9.48 Å². The molecule has 2 N–H and O–H groups in total. The summed E-state index contributed by atoms with van der Waals surface area (Å²) in [5.41, 5.74) is 3.30. The lowest BCUT2D eigenvalue weighted by Gasteiger charge is -2.11. The molecular formula is C21H20N6O2. The Kier molecular flexibility index (Phi) is 4.59. The van der Waals surface area contributed by atoms with Crippen LogP contribution in [-0.4, -0.2) is 49.8 Å². The average Bonchev–Trinajstić information content (AvgIpc) is 3.14. The highest BCUT2D eigenvalue weighted by molar-refractivity contribution is 5.94. The van der Waals surface area contributed by atoms with Crippen LogP contribution in [0.1, 0.15) is 10.5 Å². The van der Waals surface area contributed by atoms with Crippen molar-refractivity contribution in [3.8, 4) is 16.9 Å². The highest BCUT2D eigenvalue weighted by atomic mass is 16.3. The number of anilines is 2. The van der Waals surface area contributed by atoms with Gasteiger partial charge in [-0.25, -0.2) is 9.97 Å². The Bertz CT molecular complexity index is 1220. The summed E-state index contributed by atoms with van der Waals surface area (Å²) in [5.74, 6) is 0.448. The Hall–Kier alpha value is -3.94. The number of carbonyl (C=O) groups excluding carboxylic acids is 1. The van der Waals surface area contributed by atoms with Gasteiger partial charge in [-0.15, -0.1) is 0 Å². The van der Waals surface area contributed by atoms with Crippen LogP contribution in [0.5, 0.6) is 5.75 Å². The predicted molar refractivity (Wildman–Crippen MR) is 111 cm³/mol. The van der Waals surface area contributed by atoms with Crippen molar-refractivity contribution in [1.82, 2.24) is 24.6 Å². The highest BCUT2D eigenvalue weighted by Gasteiger charge is 2.11. The Labute approximate surface area is 167 Å². The predicted octanol–water partition coefficient (Wildman–Crippen LogP) is 3.18. The fourth-order valence-corrected chi connectivity index (χ4v) is 2.96. The van der Waals surface area contributed by atoms with Crippen molar-refractivity contribution in [2.24, 2.45) is 7.05 Å². The lowest BCUT2D eigenvalue weighted by atomic mass is 10.1. The van der Waals surface area contributed by atoms with Crippen molar-refractivity contribution < 1.29 is 9.90 Å². The van der Waals surface area contributed by atoms with Crippen LogP contribution >= 0.6 is 0 Å². The SMILES string of the molecule is CN(C)C(=O)c1ccc2cnc(Nc3ccc(-c4cnn(C)c4)cc3O)cc2n1. The number of carbonyl (C=O) groups is 1. The maximum absolute atomic E-state index is 12.2. The topological polar surface area (TPSA) is 96.2 Å². The first-order valence-corrected chi connectivity index (χ1v) is 8.98. The molecule has 8 heteroatoms. The fraction of sp³-hybridized carbons (Fsp3) is 0.143. The zero-order valence-corrected chi connectivity index (χ0v) is 16.3. The van der Waals surface area contributed by atoms with Gasteiger partial charge in [0.1, 0.15) is 17.3 Å². The molecule has 4 aromatic rings. The summed E-state index contributed by atoms with van der Waals surface area (Å²) in [6.45, 7) is 0. The molecule has 29 heavy (non-hydrogen) atoms. The lowest BCUT2D eigenvalue weighted by Crippen LogP contribution is -2.22. The Morgan fingerprint density at radius 2 is 1.93 bits per heavy atom. The molecule has 0 radical (unpaired) electrons. The van der Waals surface area contributed by atoms with Crippen molar-refractivity contribution >= 4 is 28.3 Å². The molecule has 1 aromatic carbocycles. The second kappa shape index (κ2) is 7.23. The Morgan fingerprint density at radius 1 is 1.10 bits per heavy atom. The molecule has 8 nitrogen and oxygen atoms in total. The standard InChI is InChI=1S/C21H20N6O2/c1-26(2)21(29)17-7-5-14-10-22-20(9-18(14)24-17)25-16-6-4-13(8-19(16)28)15-11-23-27(3)12-15/h4-12,28H,1-3H3,(H,22,25). The van der Waals surface area contributed by atoms with Crippen molar-refractivity contribution in [3.63, 3.8) is 0 Å². The van der Waals surface area contributed by atoms with Crippen LogP contribution in [0.25, 0.3) is 22.0 Å². The van der Waals surface area contributed by atoms with Gasteiger partial charge in [0.05, 0.1) is 17.4 Å². The number of amides is 1. The van der Waals surface area contributed by atoms with E-state index < -0.39 is 0 Å². The number of fused-ring (bicyclic) bond motifs is 1. The van der Waals surface area contributed by atoms with Crippen molar-refractivity contribution in [1.29, 1.82) is 0 Å². The van der Waals surface area contributed by atoms with E-state index in [0.717, 1.165) is 16.5 Å². The first-order valence-electron chi connectivity index (χ1n) is 8.98. The molecule has 0 atom stereocenters. The number of aromatic hydroxyl groups is 1. The summed E-state index contributed by atoms with van der Waals surface area (Å²) in [5, 5.41) is 18.5. The smallest absolute Gasteiger partial charge is 0.271 e. The van der Waals surface area contributed by atoms with Gasteiger partial charge < -0.3 is 15.3 Å². The molecule has 0 saturated heterocycles. The molecule has 0 aliphatic heterocycles. The molecule has 0 unspecified atom stereocenters. The van der Waals surface area contributed by atoms with Crippen molar-refractivity contribution in [2.75, 3.05) is 19.4 Å². The first-order chi connectivity index (χ1) is 13.9. The van der Waals surface area contributed by atoms with E-state index in [1.807, 2.05) is 25.4 Å². The normalized spacial score (nSPS) is 10.9. The molecule has 0 fully saturated rings. The fourth-order valence-electron chi connectivity index (χ4n) is 2.96. The number of aromatic nitrogens is 4. The number of pyridine rings is 2. The van der Waals surface area contributed by atoms with Gasteiger partial charge in [0, 0.05) is 50.6 Å². The number of phenolic OH excluding ortho intramolecular Hbond substituents is 1. The van der Waals surface area contributed by atoms with Crippen LogP contribution < -0.4 is 5.32 Å². The number of aryl methyl sites for hydroxylation is 1. The molecule has 146 valence electrons. The Morgan fingerprint density at radius 3 is 2.62 bits per heavy atom. The molecule has 0 aliphatic rings. The number of hydrogen-bond acceptors (Lipinski definition) is 6. The maximum Gasteiger partial charge on any atom is 0.271 e. The number of phenols is 1. The van der Waals surface area contributed by atoms with Gasteiger partial charge in [-0.1, -0.05) is 6.07 Å². The lowest BCUT2D eigenvalue weighted by molar-refractivity contribution is 0.0822. The third-order valence-corrected chi connectivity index (χ3v) is 4.50. The third kappa shape index (κ3) is 3.73. The number of benzene rings is 1. The Balaban J connectivity index is 1.62. The van der Waals surface area contributed by atoms with Crippen LogP contribution in [-0.2, 0) is 7.05 Å². The third-order valence-electron chi connectivity index (χ3n) is 4.50. The van der Waals surface area contributed by atoms with E-state index in [1.165, 1.54) is 4.90 Å². The summed E-state index contributed by atoms with van der Waals surface area (Å²) in [6.07, 6.45) is 5.30. The first kappa shape index (κ1) is 18.4. The van der Waals surface area contributed by atoms with E-state index in [0.29, 0.717) is 22.7 Å². The van der Waals surface area contributed by atoms with Crippen LogP contribution in [0, 0.1) is 0 Å². The number of nitrogens with one attached hydrogen (secondary N) is 1. The van der Waals surface area contributed by atoms with Gasteiger partial charge in [-0.05, 0) is 29.8 Å². The summed E-state index contributed by atoms with van der Waals surface area (Å²) in [4.78, 5) is 22.4. The monoisotopic (exact) mass is 388 g/mol. The summed E-state index contributed by atoms with van der Waals surface area (Å²) in [6, 6.07) is 10.6. The van der Waals surface area contributed by atoms with Gasteiger partial charge >= 0.3 is 0 Å². The summed E-state index contributed by atoms with van der Waals surface area (Å²) < 4.78 is 1.71. The molecule has 0 spiro atoms. The van der Waals surface area contributed by atoms with E-state index in [4.69, 9.17) is 0 Å². The molecule has 0 saturated carbocycles. The van der Waals surface area contributed by atoms with Crippen LogP contribution in [0.3, 0.4) is 0 Å². The number of nitrogens with zero attached hydrogens (tertiary/aromatic N) is 5. The summed E-state index contributed by atoms with van der Waals surface area (Å²) >= 11 is 0. The van der Waals surface area contributed by atoms with Crippen LogP contribution in [0.2, 0.25) is 0 Å². The van der Waals surface area contributed by atoms with E-state index in [9.17, 15) is 9.90 Å². The highest BCUT2D eigenvalue weighted by Crippen LogP contribution is 2.31. The largest absolute Gasteiger partial charge is 0.506 e. The number of hydrogen-bond donors (Lipinski definition) is 2. The van der Waals surface area contributed by atoms with Gasteiger partial charge in [0.15, 0.2) is 0 Å². The second-order valence-electron chi connectivity index (χ2n) is 6.92. The van der Waals surface area contributed by atoms with Gasteiger partial charge in [0.2, 0.25) is 0 Å². The minimum absolute atomic E-state index is 0.0951. The number of rotatable bonds is 4. The zero-order valence-electron chi connectivity index (χ0n) is 16.3.